The summed E-state index contributed by atoms with van der Waals surface area (Å²) in [6.07, 6.45) is 0.511. The third kappa shape index (κ3) is 3.38. The van der Waals surface area contributed by atoms with E-state index in [9.17, 15) is 9.59 Å². The highest BCUT2D eigenvalue weighted by Gasteiger charge is 2.23. The molecule has 1 aromatic carbocycles. The number of nitrogens with one attached hydrogen (secondary N) is 1. The first kappa shape index (κ1) is 12.2. The van der Waals surface area contributed by atoms with Gasteiger partial charge in [-0.25, -0.2) is 4.79 Å². The maximum Gasteiger partial charge on any atom is 0.334 e. The van der Waals surface area contributed by atoms with E-state index in [0.717, 1.165) is 0 Å². The van der Waals surface area contributed by atoms with Crippen LogP contribution < -0.4 is 10.1 Å². The molecule has 0 radical (unpaired) electrons. The zero-order valence-electron chi connectivity index (χ0n) is 9.34. The van der Waals surface area contributed by atoms with E-state index in [1.54, 1.807) is 24.3 Å². The average molecular weight is 221 g/mol. The average Bonchev–Trinajstić information content (AvgIpc) is 2.26. The smallest absolute Gasteiger partial charge is 0.334 e. The molecule has 0 aliphatic heterocycles. The number of amides is 1. The highest BCUT2D eigenvalue weighted by atomic mass is 16.5. The third-order valence-corrected chi connectivity index (χ3v) is 2.13. The Hall–Kier alpha value is -1.84. The maximum atomic E-state index is 11.7. The van der Waals surface area contributed by atoms with Gasteiger partial charge < -0.3 is 10.1 Å². The Bertz CT molecular complexity index is 349. The Balaban J connectivity index is 2.66. The van der Waals surface area contributed by atoms with Crippen molar-refractivity contribution in [2.75, 3.05) is 0 Å². The van der Waals surface area contributed by atoms with Crippen LogP contribution in [0.1, 0.15) is 13.8 Å². The first-order chi connectivity index (χ1) is 7.65. The number of carbonyl (C=O) groups excluding carboxylic acids is 2. The molecule has 1 unspecified atom stereocenters. The summed E-state index contributed by atoms with van der Waals surface area (Å²) < 4.78 is 5.13. The lowest BCUT2D eigenvalue weighted by atomic mass is 10.1. The molecule has 0 aromatic heterocycles. The molecule has 4 nitrogen and oxygen atoms in total. The van der Waals surface area contributed by atoms with Crippen LogP contribution in [-0.4, -0.2) is 18.4 Å². The van der Waals surface area contributed by atoms with Crippen LogP contribution in [0.15, 0.2) is 30.3 Å². The van der Waals surface area contributed by atoms with Crippen molar-refractivity contribution < 1.29 is 14.3 Å². The number of ether oxygens (including phenoxy) is 1. The molecular weight excluding hydrogens is 206 g/mol. The molecule has 1 aromatic rings. The minimum Gasteiger partial charge on any atom is -0.425 e. The van der Waals surface area contributed by atoms with Gasteiger partial charge in [-0.2, -0.15) is 0 Å². The van der Waals surface area contributed by atoms with Crippen LogP contribution in [0.25, 0.3) is 0 Å². The Kier molecular flexibility index (Phi) is 4.51. The zero-order valence-corrected chi connectivity index (χ0v) is 9.34. The van der Waals surface area contributed by atoms with Gasteiger partial charge in [-0.3, -0.25) is 4.79 Å². The lowest BCUT2D eigenvalue weighted by Gasteiger charge is -2.18. The number of rotatable bonds is 5. The van der Waals surface area contributed by atoms with E-state index in [1.807, 2.05) is 19.9 Å². The Morgan fingerprint density at radius 1 is 1.31 bits per heavy atom. The second-order valence-corrected chi connectivity index (χ2v) is 3.74. The fourth-order valence-corrected chi connectivity index (χ4v) is 1.27. The molecule has 0 fully saturated rings. The molecule has 0 aliphatic rings. The van der Waals surface area contributed by atoms with Crippen LogP contribution in [0.3, 0.4) is 0 Å². The molecule has 0 saturated heterocycles. The van der Waals surface area contributed by atoms with Crippen molar-refractivity contribution in [1.82, 2.24) is 5.32 Å². The summed E-state index contributed by atoms with van der Waals surface area (Å²) in [6, 6.07) is 8.16. The quantitative estimate of drug-likeness (QED) is 0.464. The highest BCUT2D eigenvalue weighted by molar-refractivity contribution is 5.80. The fraction of sp³-hybridized carbons (Fsp3) is 0.333. The van der Waals surface area contributed by atoms with Crippen LogP contribution in [0.5, 0.6) is 5.75 Å². The lowest BCUT2D eigenvalue weighted by Crippen LogP contribution is -2.42. The van der Waals surface area contributed by atoms with Gasteiger partial charge in [0.25, 0.3) is 0 Å². The van der Waals surface area contributed by atoms with Crippen LogP contribution in [-0.2, 0) is 9.59 Å². The van der Waals surface area contributed by atoms with Crippen molar-refractivity contribution in [3.8, 4) is 5.75 Å². The Morgan fingerprint density at radius 2 is 1.94 bits per heavy atom. The molecule has 0 saturated carbocycles. The first-order valence-corrected chi connectivity index (χ1v) is 5.11. The van der Waals surface area contributed by atoms with Gasteiger partial charge >= 0.3 is 5.97 Å². The second kappa shape index (κ2) is 5.90. The minimum atomic E-state index is -0.613. The molecule has 1 atom stereocenters. The van der Waals surface area contributed by atoms with Crippen molar-refractivity contribution in [2.24, 2.45) is 5.92 Å². The zero-order chi connectivity index (χ0) is 12.0. The molecule has 0 bridgehead atoms. The number of para-hydroxylation sites is 1. The number of hydrogen-bond acceptors (Lipinski definition) is 3. The van der Waals surface area contributed by atoms with Gasteiger partial charge in [0.15, 0.2) is 0 Å². The highest BCUT2D eigenvalue weighted by Crippen LogP contribution is 2.11. The molecular formula is C12H15NO3. The molecule has 86 valence electrons. The van der Waals surface area contributed by atoms with Crippen LogP contribution >= 0.6 is 0 Å². The standard InChI is InChI=1S/C12H15NO3/c1-9(2)11(13-8-14)12(15)16-10-6-4-3-5-7-10/h3-9,11H,1-2H3,(H,13,14). The summed E-state index contributed by atoms with van der Waals surface area (Å²) in [6.45, 7) is 3.68. The number of esters is 1. The first-order valence-electron chi connectivity index (χ1n) is 5.11. The molecule has 16 heavy (non-hydrogen) atoms. The number of carbonyl (C=O) groups is 2. The van der Waals surface area contributed by atoms with Gasteiger partial charge in [0.05, 0.1) is 0 Å². The van der Waals surface area contributed by atoms with Crippen molar-refractivity contribution in [3.63, 3.8) is 0 Å². The van der Waals surface area contributed by atoms with Gasteiger partial charge in [-0.1, -0.05) is 32.0 Å². The van der Waals surface area contributed by atoms with Crippen LogP contribution in [0.4, 0.5) is 0 Å². The van der Waals surface area contributed by atoms with E-state index in [4.69, 9.17) is 4.74 Å². The van der Waals surface area contributed by atoms with Crippen LogP contribution in [0, 0.1) is 5.92 Å². The summed E-state index contributed by atoms with van der Waals surface area (Å²) in [5.41, 5.74) is 0. The van der Waals surface area contributed by atoms with Gasteiger partial charge in [0.1, 0.15) is 11.8 Å². The minimum absolute atomic E-state index is 0.0126. The summed E-state index contributed by atoms with van der Waals surface area (Å²) >= 11 is 0. The van der Waals surface area contributed by atoms with Gasteiger partial charge in [-0.15, -0.1) is 0 Å². The molecule has 1 amide bonds. The topological polar surface area (TPSA) is 55.4 Å². The Labute approximate surface area is 94.6 Å². The third-order valence-electron chi connectivity index (χ3n) is 2.13. The van der Waals surface area contributed by atoms with E-state index in [0.29, 0.717) is 12.2 Å². The predicted molar refractivity (Wildman–Crippen MR) is 59.9 cm³/mol. The van der Waals surface area contributed by atoms with Gasteiger partial charge in [-0.05, 0) is 18.1 Å². The fourth-order valence-electron chi connectivity index (χ4n) is 1.27. The van der Waals surface area contributed by atoms with Crippen molar-refractivity contribution in [1.29, 1.82) is 0 Å². The number of benzene rings is 1. The molecule has 0 heterocycles. The monoisotopic (exact) mass is 221 g/mol. The summed E-state index contributed by atoms with van der Waals surface area (Å²) in [5, 5.41) is 2.45. The largest absolute Gasteiger partial charge is 0.425 e. The summed E-state index contributed by atoms with van der Waals surface area (Å²) in [5.74, 6) is 0.0144. The molecule has 1 rings (SSSR count). The normalized spacial score (nSPS) is 11.9. The van der Waals surface area contributed by atoms with Crippen molar-refractivity contribution >= 4 is 12.4 Å². The molecule has 0 aliphatic carbocycles. The lowest BCUT2D eigenvalue weighted by molar-refractivity contribution is -0.139. The maximum absolute atomic E-state index is 11.7. The number of hydrogen-bond donors (Lipinski definition) is 1. The molecule has 0 spiro atoms. The Morgan fingerprint density at radius 3 is 2.44 bits per heavy atom. The molecule has 4 heteroatoms. The van der Waals surface area contributed by atoms with E-state index in [2.05, 4.69) is 5.32 Å². The molecule has 1 N–H and O–H groups in total. The van der Waals surface area contributed by atoms with Crippen molar-refractivity contribution in [2.45, 2.75) is 19.9 Å². The van der Waals surface area contributed by atoms with Gasteiger partial charge in [0, 0.05) is 0 Å². The SMILES string of the molecule is CC(C)C(NC=O)C(=O)Oc1ccccc1. The summed E-state index contributed by atoms with van der Waals surface area (Å²) in [4.78, 5) is 22.1. The second-order valence-electron chi connectivity index (χ2n) is 3.74. The van der Waals surface area contributed by atoms with Gasteiger partial charge in [0.2, 0.25) is 6.41 Å². The van der Waals surface area contributed by atoms with E-state index >= 15 is 0 Å². The predicted octanol–water partition coefficient (Wildman–Crippen LogP) is 1.36. The van der Waals surface area contributed by atoms with E-state index in [1.165, 1.54) is 0 Å². The summed E-state index contributed by atoms with van der Waals surface area (Å²) in [7, 11) is 0. The van der Waals surface area contributed by atoms with E-state index < -0.39 is 12.0 Å². The van der Waals surface area contributed by atoms with Crippen molar-refractivity contribution in [3.05, 3.63) is 30.3 Å². The van der Waals surface area contributed by atoms with E-state index in [-0.39, 0.29) is 5.92 Å². The van der Waals surface area contributed by atoms with Crippen LogP contribution in [0.2, 0.25) is 0 Å².